The van der Waals surface area contributed by atoms with Crippen molar-refractivity contribution < 1.29 is 4.79 Å². The van der Waals surface area contributed by atoms with E-state index in [1.807, 2.05) is 11.4 Å². The van der Waals surface area contributed by atoms with Crippen LogP contribution in [0.15, 0.2) is 22.8 Å². The molecule has 4 rings (SSSR count). The Labute approximate surface area is 151 Å². The summed E-state index contributed by atoms with van der Waals surface area (Å²) >= 11 is 3.16. The van der Waals surface area contributed by atoms with Crippen molar-refractivity contribution in [1.82, 2.24) is 14.9 Å². The molecule has 0 aromatic carbocycles. The zero-order chi connectivity index (χ0) is 16.9. The van der Waals surface area contributed by atoms with E-state index < -0.39 is 0 Å². The highest BCUT2D eigenvalue weighted by molar-refractivity contribution is 8.00. The number of rotatable bonds is 3. The zero-order valence-electron chi connectivity index (χ0n) is 14.4. The lowest BCUT2D eigenvalue weighted by molar-refractivity contribution is -0.129. The number of thioether (sulfide) groups is 1. The Balaban J connectivity index is 1.47. The monoisotopic (exact) mass is 361 g/mol. The first-order valence-corrected chi connectivity index (χ1v) is 10.3. The van der Waals surface area contributed by atoms with Crippen LogP contribution in [0.4, 0.5) is 0 Å². The Morgan fingerprint density at radius 1 is 1.38 bits per heavy atom. The normalized spacial score (nSPS) is 28.5. The van der Waals surface area contributed by atoms with Crippen LogP contribution in [0.2, 0.25) is 0 Å². The van der Waals surface area contributed by atoms with Gasteiger partial charge >= 0.3 is 0 Å². The van der Waals surface area contributed by atoms with Gasteiger partial charge in [0.1, 0.15) is 16.2 Å². The first-order valence-electron chi connectivity index (χ1n) is 8.46. The number of likely N-dealkylation sites (tertiary alicyclic amines) is 1. The van der Waals surface area contributed by atoms with Crippen LogP contribution in [0.1, 0.15) is 40.0 Å². The molecule has 6 heteroatoms. The molecule has 4 nitrogen and oxygen atoms in total. The van der Waals surface area contributed by atoms with Gasteiger partial charge in [0.15, 0.2) is 0 Å². The number of nitrogens with zero attached hydrogens (tertiary/aromatic N) is 3. The third-order valence-corrected chi connectivity index (χ3v) is 7.10. The van der Waals surface area contributed by atoms with Gasteiger partial charge in [0.2, 0.25) is 5.91 Å². The van der Waals surface area contributed by atoms with Gasteiger partial charge in [0.25, 0.3) is 0 Å². The zero-order valence-corrected chi connectivity index (χ0v) is 16.0. The molecule has 2 aromatic heterocycles. The van der Waals surface area contributed by atoms with Crippen LogP contribution < -0.4 is 0 Å². The molecule has 1 aliphatic carbocycles. The van der Waals surface area contributed by atoms with Crippen molar-refractivity contribution in [3.05, 3.63) is 17.8 Å². The molecule has 0 spiro atoms. The van der Waals surface area contributed by atoms with E-state index in [1.165, 1.54) is 6.42 Å². The molecule has 1 amide bonds. The summed E-state index contributed by atoms with van der Waals surface area (Å²) in [4.78, 5) is 24.6. The number of carbonyl (C=O) groups excluding carboxylic acids is 1. The molecule has 1 saturated carbocycles. The van der Waals surface area contributed by atoms with E-state index in [1.54, 1.807) is 29.4 Å². The molecule has 0 N–H and O–H groups in total. The lowest BCUT2D eigenvalue weighted by Crippen LogP contribution is -2.38. The van der Waals surface area contributed by atoms with Crippen molar-refractivity contribution in [2.45, 2.75) is 51.1 Å². The number of thiophene rings is 1. The van der Waals surface area contributed by atoms with Gasteiger partial charge < -0.3 is 4.90 Å². The Morgan fingerprint density at radius 3 is 3.04 bits per heavy atom. The van der Waals surface area contributed by atoms with Crippen molar-refractivity contribution in [1.29, 1.82) is 0 Å². The van der Waals surface area contributed by atoms with E-state index in [2.05, 4.69) is 35.6 Å². The maximum Gasteiger partial charge on any atom is 0.233 e. The average Bonchev–Trinajstić information content (AvgIpc) is 3.06. The highest BCUT2D eigenvalue weighted by Crippen LogP contribution is 2.52. The lowest BCUT2D eigenvalue weighted by Gasteiger charge is -2.39. The molecule has 128 valence electrons. The Morgan fingerprint density at radius 2 is 2.21 bits per heavy atom. The van der Waals surface area contributed by atoms with Crippen LogP contribution >= 0.6 is 23.1 Å². The molecule has 0 radical (unpaired) electrons. The van der Waals surface area contributed by atoms with E-state index in [4.69, 9.17) is 0 Å². The molecule has 1 aliphatic heterocycles. The van der Waals surface area contributed by atoms with Gasteiger partial charge in [-0.05, 0) is 41.5 Å². The molecule has 1 saturated heterocycles. The minimum absolute atomic E-state index is 0.258. The fraction of sp³-hybridized carbons (Fsp3) is 0.611. The molecule has 24 heavy (non-hydrogen) atoms. The second-order valence-electron chi connectivity index (χ2n) is 8.34. The molecule has 2 fully saturated rings. The van der Waals surface area contributed by atoms with Crippen molar-refractivity contribution in [3.63, 3.8) is 0 Å². The summed E-state index contributed by atoms with van der Waals surface area (Å²) in [7, 11) is 0. The first-order chi connectivity index (χ1) is 11.4. The maximum atomic E-state index is 12.9. The molecule has 2 bridgehead atoms. The van der Waals surface area contributed by atoms with Gasteiger partial charge in [-0.2, -0.15) is 0 Å². The van der Waals surface area contributed by atoms with Crippen molar-refractivity contribution in [2.75, 3.05) is 12.3 Å². The number of hydrogen-bond donors (Lipinski definition) is 0. The third kappa shape index (κ3) is 2.94. The van der Waals surface area contributed by atoms with Crippen LogP contribution in [0.3, 0.4) is 0 Å². The highest BCUT2D eigenvalue weighted by atomic mass is 32.2. The molecule has 2 aromatic rings. The van der Waals surface area contributed by atoms with E-state index in [-0.39, 0.29) is 5.91 Å². The first kappa shape index (κ1) is 16.3. The summed E-state index contributed by atoms with van der Waals surface area (Å²) in [6.07, 6.45) is 5.10. The van der Waals surface area contributed by atoms with Crippen LogP contribution in [0.25, 0.3) is 10.2 Å². The predicted molar refractivity (Wildman–Crippen MR) is 99.4 cm³/mol. The topological polar surface area (TPSA) is 46.1 Å². The van der Waals surface area contributed by atoms with Crippen molar-refractivity contribution >= 4 is 39.2 Å². The highest BCUT2D eigenvalue weighted by Gasteiger charge is 2.50. The van der Waals surface area contributed by atoms with Crippen molar-refractivity contribution in [2.24, 2.45) is 10.8 Å². The summed E-state index contributed by atoms with van der Waals surface area (Å²) in [5.41, 5.74) is 0.637. The number of fused-ring (bicyclic) bond motifs is 3. The van der Waals surface area contributed by atoms with E-state index in [9.17, 15) is 4.79 Å². The van der Waals surface area contributed by atoms with Crippen LogP contribution in [-0.2, 0) is 4.79 Å². The SMILES string of the molecule is CC1(C)C[C@@H]2C[C@@](C)(CN2C(=O)CSc2ncnc3sccc23)C1. The quantitative estimate of drug-likeness (QED) is 0.607. The van der Waals surface area contributed by atoms with Gasteiger partial charge in [-0.25, -0.2) is 9.97 Å². The summed E-state index contributed by atoms with van der Waals surface area (Å²) in [6, 6.07) is 2.46. The molecular formula is C18H23N3OS2. The van der Waals surface area contributed by atoms with Crippen molar-refractivity contribution in [3.8, 4) is 0 Å². The minimum Gasteiger partial charge on any atom is -0.338 e. The number of amides is 1. The Kier molecular flexibility index (Phi) is 3.88. The van der Waals surface area contributed by atoms with Gasteiger partial charge in [-0.1, -0.05) is 32.5 Å². The average molecular weight is 362 g/mol. The van der Waals surface area contributed by atoms with Gasteiger partial charge in [0.05, 0.1) is 5.75 Å². The van der Waals surface area contributed by atoms with Crippen LogP contribution in [0.5, 0.6) is 0 Å². The van der Waals surface area contributed by atoms with Crippen LogP contribution in [-0.4, -0.2) is 39.1 Å². The van der Waals surface area contributed by atoms with E-state index in [0.29, 0.717) is 22.6 Å². The molecule has 0 unspecified atom stereocenters. The Hall–Kier alpha value is -1.14. The van der Waals surface area contributed by atoms with Gasteiger partial charge in [0, 0.05) is 18.0 Å². The number of aromatic nitrogens is 2. The summed E-state index contributed by atoms with van der Waals surface area (Å²) in [5.74, 6) is 0.725. The number of carbonyl (C=O) groups is 1. The second-order valence-corrected chi connectivity index (χ2v) is 10.2. The van der Waals surface area contributed by atoms with Gasteiger partial charge in [-0.15, -0.1) is 11.3 Å². The fourth-order valence-electron chi connectivity index (χ4n) is 4.85. The molecule has 2 atom stereocenters. The summed E-state index contributed by atoms with van der Waals surface area (Å²) in [5, 5.41) is 4.01. The minimum atomic E-state index is 0.258. The predicted octanol–water partition coefficient (Wildman–Crippen LogP) is 4.21. The van der Waals surface area contributed by atoms with E-state index >= 15 is 0 Å². The molecule has 2 aliphatic rings. The fourth-order valence-corrected chi connectivity index (χ4v) is 6.51. The second kappa shape index (κ2) is 5.70. The smallest absolute Gasteiger partial charge is 0.233 e. The summed E-state index contributed by atoms with van der Waals surface area (Å²) < 4.78 is 0. The third-order valence-electron chi connectivity index (χ3n) is 5.29. The van der Waals surface area contributed by atoms with Crippen LogP contribution in [0, 0.1) is 10.8 Å². The number of hydrogen-bond acceptors (Lipinski definition) is 5. The standard InChI is InChI=1S/C18H23N3OS2/c1-17(2)6-12-7-18(3,9-17)10-21(12)14(22)8-24-16-13-4-5-23-15(13)19-11-20-16/h4-5,11-12H,6-10H2,1-3H3/t12-,18-/m1/s1. The lowest BCUT2D eigenvalue weighted by atomic mass is 9.65. The Bertz CT molecular complexity index is 787. The van der Waals surface area contributed by atoms with E-state index in [0.717, 1.165) is 34.6 Å². The molecule has 3 heterocycles. The maximum absolute atomic E-state index is 12.9. The largest absolute Gasteiger partial charge is 0.338 e. The molecular weight excluding hydrogens is 338 g/mol. The summed E-state index contributed by atoms with van der Waals surface area (Å²) in [6.45, 7) is 7.95. The van der Waals surface area contributed by atoms with Gasteiger partial charge in [-0.3, -0.25) is 4.79 Å².